The summed E-state index contributed by atoms with van der Waals surface area (Å²) in [4.78, 5) is 31.7. The molecule has 0 aliphatic carbocycles. The molecular weight excluding hydrogens is 475 g/mol. The Kier molecular flexibility index (Phi) is 8.39. The van der Waals surface area contributed by atoms with E-state index < -0.39 is 23.7 Å². The van der Waals surface area contributed by atoms with Crippen LogP contribution < -0.4 is 10.2 Å². The molecule has 2 aromatic carbocycles. The van der Waals surface area contributed by atoms with E-state index in [4.69, 9.17) is 4.74 Å². The van der Waals surface area contributed by atoms with Crippen LogP contribution in [0.2, 0.25) is 0 Å². The number of nitrogens with one attached hydrogen (secondary N) is 1. The Morgan fingerprint density at radius 3 is 2.36 bits per heavy atom. The fraction of sp³-hybridized carbons (Fsp3) is 0.346. The van der Waals surface area contributed by atoms with Crippen LogP contribution in [0.15, 0.2) is 55.0 Å². The summed E-state index contributed by atoms with van der Waals surface area (Å²) in [6, 6.07) is 12.0. The molecule has 1 amide bonds. The number of rotatable bonds is 8. The molecule has 0 radical (unpaired) electrons. The minimum Gasteiger partial charge on any atom is -0.486 e. The van der Waals surface area contributed by atoms with Crippen LogP contribution in [0.5, 0.6) is 5.75 Å². The van der Waals surface area contributed by atoms with E-state index in [0.29, 0.717) is 34.9 Å². The molecule has 0 saturated heterocycles. The Bertz CT molecular complexity index is 1200. The van der Waals surface area contributed by atoms with Gasteiger partial charge in [0, 0.05) is 23.9 Å². The molecule has 1 atom stereocenters. The number of ether oxygens (including phenoxy) is 1. The number of imidazole rings is 1. The highest BCUT2D eigenvalue weighted by atomic mass is 19.4. The molecule has 0 saturated carbocycles. The number of aromatic nitrogens is 2. The number of hydrogen-bond donors (Lipinski definition) is 1. The number of alkyl halides is 3. The van der Waals surface area contributed by atoms with Crippen molar-refractivity contribution >= 4 is 11.9 Å². The molecule has 0 spiro atoms. The number of hydroxylamine groups is 1. The number of hydrogen-bond acceptors (Lipinski definition) is 5. The number of carbonyl (C=O) groups excluding carboxylic acids is 2. The highest BCUT2D eigenvalue weighted by Crippen LogP contribution is 2.31. The standard InChI is InChI=1S/C26H28F3N3O4/c1-5-24(33)36-31-25(34)21-11-10-20(13-17(21)4)35-22(12-16(2)3)18-6-8-19(9-7-18)32-14-23(30-15-32)26(27,28)29/h6-11,13-16,22H,5,12H2,1-4H3,(H,31,34). The van der Waals surface area contributed by atoms with E-state index in [1.807, 2.05) is 12.1 Å². The summed E-state index contributed by atoms with van der Waals surface area (Å²) < 4.78 is 46.2. The van der Waals surface area contributed by atoms with Crippen LogP contribution in [0.4, 0.5) is 13.2 Å². The lowest BCUT2D eigenvalue weighted by Crippen LogP contribution is -2.27. The van der Waals surface area contributed by atoms with Gasteiger partial charge in [-0.1, -0.05) is 32.9 Å². The molecule has 1 heterocycles. The first-order chi connectivity index (χ1) is 17.0. The van der Waals surface area contributed by atoms with Gasteiger partial charge in [0.05, 0.1) is 6.33 Å². The van der Waals surface area contributed by atoms with Crippen molar-refractivity contribution in [2.45, 2.75) is 52.8 Å². The van der Waals surface area contributed by atoms with E-state index >= 15 is 0 Å². The number of carbonyl (C=O) groups is 2. The van der Waals surface area contributed by atoms with Crippen molar-refractivity contribution in [2.75, 3.05) is 0 Å². The largest absolute Gasteiger partial charge is 0.486 e. The molecule has 10 heteroatoms. The van der Waals surface area contributed by atoms with Crippen molar-refractivity contribution in [1.29, 1.82) is 0 Å². The van der Waals surface area contributed by atoms with Gasteiger partial charge >= 0.3 is 12.1 Å². The third kappa shape index (κ3) is 6.87. The van der Waals surface area contributed by atoms with Crippen molar-refractivity contribution in [1.82, 2.24) is 15.0 Å². The van der Waals surface area contributed by atoms with Crippen LogP contribution >= 0.6 is 0 Å². The van der Waals surface area contributed by atoms with Gasteiger partial charge in [0.15, 0.2) is 5.69 Å². The number of nitrogens with zero attached hydrogens (tertiary/aromatic N) is 2. The zero-order chi connectivity index (χ0) is 26.5. The van der Waals surface area contributed by atoms with Gasteiger partial charge in [-0.2, -0.15) is 18.7 Å². The van der Waals surface area contributed by atoms with Crippen LogP contribution in [0.1, 0.15) is 66.9 Å². The van der Waals surface area contributed by atoms with Crippen LogP contribution in [0.25, 0.3) is 5.69 Å². The first kappa shape index (κ1) is 26.8. The van der Waals surface area contributed by atoms with Gasteiger partial charge in [-0.05, 0) is 60.7 Å². The van der Waals surface area contributed by atoms with E-state index in [1.54, 1.807) is 44.2 Å². The summed E-state index contributed by atoms with van der Waals surface area (Å²) in [5.41, 5.74) is 3.55. The minimum atomic E-state index is -4.50. The van der Waals surface area contributed by atoms with Gasteiger partial charge in [0.2, 0.25) is 0 Å². The summed E-state index contributed by atoms with van der Waals surface area (Å²) in [6.45, 7) is 7.49. The lowest BCUT2D eigenvalue weighted by atomic mass is 9.99. The van der Waals surface area contributed by atoms with E-state index in [2.05, 4.69) is 29.1 Å². The van der Waals surface area contributed by atoms with Gasteiger partial charge < -0.3 is 14.1 Å². The fourth-order valence-electron chi connectivity index (χ4n) is 3.51. The summed E-state index contributed by atoms with van der Waals surface area (Å²) in [5, 5.41) is 0. The Hall–Kier alpha value is -3.82. The highest BCUT2D eigenvalue weighted by Gasteiger charge is 2.33. The topological polar surface area (TPSA) is 82.5 Å². The molecule has 0 bridgehead atoms. The normalized spacial score (nSPS) is 12.3. The zero-order valence-corrected chi connectivity index (χ0v) is 20.4. The third-order valence-corrected chi connectivity index (χ3v) is 5.39. The maximum Gasteiger partial charge on any atom is 0.434 e. The van der Waals surface area contributed by atoms with Crippen molar-refractivity contribution in [3.63, 3.8) is 0 Å². The average Bonchev–Trinajstić information content (AvgIpc) is 3.33. The average molecular weight is 504 g/mol. The zero-order valence-electron chi connectivity index (χ0n) is 20.4. The molecule has 1 aromatic heterocycles. The molecule has 7 nitrogen and oxygen atoms in total. The van der Waals surface area contributed by atoms with Crippen LogP contribution in [0, 0.1) is 12.8 Å². The highest BCUT2D eigenvalue weighted by molar-refractivity contribution is 5.95. The molecule has 3 rings (SSSR count). The Labute approximate surface area is 207 Å². The predicted octanol–water partition coefficient (Wildman–Crippen LogP) is 5.96. The Morgan fingerprint density at radius 2 is 1.81 bits per heavy atom. The summed E-state index contributed by atoms with van der Waals surface area (Å²) in [6.07, 6.45) is -1.92. The summed E-state index contributed by atoms with van der Waals surface area (Å²) in [5.74, 6) is -0.230. The molecule has 192 valence electrons. The molecule has 1 unspecified atom stereocenters. The smallest absolute Gasteiger partial charge is 0.434 e. The molecule has 3 aromatic rings. The number of aryl methyl sites for hydroxylation is 1. The van der Waals surface area contributed by atoms with Crippen LogP contribution in [-0.2, 0) is 15.8 Å². The molecular formula is C26H28F3N3O4. The van der Waals surface area contributed by atoms with Crippen molar-refractivity contribution in [3.05, 3.63) is 77.4 Å². The first-order valence-corrected chi connectivity index (χ1v) is 11.5. The van der Waals surface area contributed by atoms with Crippen molar-refractivity contribution < 1.29 is 32.3 Å². The van der Waals surface area contributed by atoms with E-state index in [-0.39, 0.29) is 12.5 Å². The number of amides is 1. The monoisotopic (exact) mass is 503 g/mol. The van der Waals surface area contributed by atoms with Gasteiger partial charge in [0.1, 0.15) is 11.9 Å². The van der Waals surface area contributed by atoms with E-state index in [1.165, 1.54) is 4.57 Å². The number of benzene rings is 2. The molecule has 1 N–H and O–H groups in total. The van der Waals surface area contributed by atoms with Gasteiger partial charge in [-0.15, -0.1) is 0 Å². The second-order valence-corrected chi connectivity index (χ2v) is 8.73. The lowest BCUT2D eigenvalue weighted by molar-refractivity contribution is -0.148. The van der Waals surface area contributed by atoms with Gasteiger partial charge in [-0.25, -0.2) is 9.78 Å². The molecule has 0 aliphatic rings. The number of halogens is 3. The van der Waals surface area contributed by atoms with Gasteiger partial charge in [0.25, 0.3) is 5.91 Å². The van der Waals surface area contributed by atoms with Crippen LogP contribution in [-0.4, -0.2) is 21.4 Å². The quantitative estimate of drug-likeness (QED) is 0.384. The summed E-state index contributed by atoms with van der Waals surface area (Å²) in [7, 11) is 0. The summed E-state index contributed by atoms with van der Waals surface area (Å²) >= 11 is 0. The lowest BCUT2D eigenvalue weighted by Gasteiger charge is -2.22. The maximum atomic E-state index is 12.9. The predicted molar refractivity (Wildman–Crippen MR) is 126 cm³/mol. The van der Waals surface area contributed by atoms with Gasteiger partial charge in [-0.3, -0.25) is 4.79 Å². The van der Waals surface area contributed by atoms with Crippen molar-refractivity contribution in [3.8, 4) is 11.4 Å². The second-order valence-electron chi connectivity index (χ2n) is 8.73. The van der Waals surface area contributed by atoms with Crippen LogP contribution in [0.3, 0.4) is 0 Å². The fourth-order valence-corrected chi connectivity index (χ4v) is 3.51. The Morgan fingerprint density at radius 1 is 1.11 bits per heavy atom. The SMILES string of the molecule is CCC(=O)ONC(=O)c1ccc(OC(CC(C)C)c2ccc(-n3cnc(C(F)(F)F)c3)cc2)cc1C. The molecule has 0 fully saturated rings. The van der Waals surface area contributed by atoms with Crippen molar-refractivity contribution in [2.24, 2.45) is 5.92 Å². The first-order valence-electron chi connectivity index (χ1n) is 11.5. The molecule has 0 aliphatic heterocycles. The van der Waals surface area contributed by atoms with E-state index in [0.717, 1.165) is 18.1 Å². The minimum absolute atomic E-state index is 0.140. The molecule has 36 heavy (non-hydrogen) atoms. The second kappa shape index (κ2) is 11.3. The third-order valence-electron chi connectivity index (χ3n) is 5.39. The maximum absolute atomic E-state index is 12.9. The van der Waals surface area contributed by atoms with E-state index in [9.17, 15) is 22.8 Å². The Balaban J connectivity index is 1.76.